The van der Waals surface area contributed by atoms with Crippen molar-refractivity contribution in [2.24, 2.45) is 7.05 Å². The predicted octanol–water partition coefficient (Wildman–Crippen LogP) is 0.205. The molecule has 7 heteroatoms. The lowest BCUT2D eigenvalue weighted by Crippen LogP contribution is -2.40. The Morgan fingerprint density at radius 2 is 2.00 bits per heavy atom. The molecule has 18 heavy (non-hydrogen) atoms. The molecule has 0 radical (unpaired) electrons. The average Bonchev–Trinajstić information content (AvgIpc) is 2.35. The molecule has 0 atom stereocenters. The second-order valence-corrected chi connectivity index (χ2v) is 4.95. The Morgan fingerprint density at radius 3 is 2.67 bits per heavy atom. The number of hydrogen-bond acceptors (Lipinski definition) is 4. The second-order valence-electron chi connectivity index (χ2n) is 3.79. The number of ether oxygens (including phenoxy) is 2. The highest BCUT2D eigenvalue weighted by Crippen LogP contribution is 1.94. The van der Waals surface area contributed by atoms with Crippen LogP contribution in [0.25, 0.3) is 0 Å². The zero-order chi connectivity index (χ0) is 13.5. The smallest absolute Gasteiger partial charge is 0.330 e. The minimum absolute atomic E-state index is 0.240. The molecule has 0 aliphatic heterocycles. The van der Waals surface area contributed by atoms with E-state index in [9.17, 15) is 9.59 Å². The van der Waals surface area contributed by atoms with Crippen molar-refractivity contribution in [1.29, 1.82) is 0 Å². The van der Waals surface area contributed by atoms with Crippen LogP contribution in [0.2, 0.25) is 0 Å². The lowest BCUT2D eigenvalue weighted by atomic mass is 10.4. The lowest BCUT2D eigenvalue weighted by Gasteiger charge is -2.08. The first kappa shape index (κ1) is 15.4. The van der Waals surface area contributed by atoms with Gasteiger partial charge in [-0.2, -0.15) is 0 Å². The fourth-order valence-corrected chi connectivity index (χ4v) is 2.16. The first-order valence-corrected chi connectivity index (χ1v) is 6.68. The predicted molar refractivity (Wildman–Crippen MR) is 76.0 cm³/mol. The van der Waals surface area contributed by atoms with E-state index in [1.165, 1.54) is 15.3 Å². The first-order chi connectivity index (χ1) is 8.57. The third-order valence-electron chi connectivity index (χ3n) is 2.39. The van der Waals surface area contributed by atoms with Crippen LogP contribution in [0.5, 0.6) is 0 Å². The number of aromatic nitrogens is 2. The molecule has 0 saturated carbocycles. The van der Waals surface area contributed by atoms with Crippen LogP contribution in [0, 0.1) is 3.57 Å². The number of nitrogens with zero attached hydrogens (tertiary/aromatic N) is 2. The van der Waals surface area contributed by atoms with Crippen molar-refractivity contribution in [3.05, 3.63) is 30.6 Å². The van der Waals surface area contributed by atoms with E-state index < -0.39 is 0 Å². The maximum Gasteiger partial charge on any atom is 0.330 e. The van der Waals surface area contributed by atoms with Gasteiger partial charge >= 0.3 is 5.69 Å². The molecule has 102 valence electrons. The molecule has 0 amide bonds. The summed E-state index contributed by atoms with van der Waals surface area (Å²) < 4.78 is 13.3. The fraction of sp³-hybridized carbons (Fsp3) is 0.636. The van der Waals surface area contributed by atoms with Gasteiger partial charge in [0.05, 0.1) is 16.8 Å². The van der Waals surface area contributed by atoms with Gasteiger partial charge in [0.1, 0.15) is 0 Å². The van der Waals surface area contributed by atoms with E-state index in [-0.39, 0.29) is 11.2 Å². The summed E-state index contributed by atoms with van der Waals surface area (Å²) in [5.41, 5.74) is -0.534. The number of methoxy groups -OCH3 is 1. The number of aryl methyl sites for hydroxylation is 1. The van der Waals surface area contributed by atoms with Crippen LogP contribution in [-0.2, 0) is 23.1 Å². The Morgan fingerprint density at radius 1 is 1.28 bits per heavy atom. The summed E-state index contributed by atoms with van der Waals surface area (Å²) in [4.78, 5) is 23.6. The van der Waals surface area contributed by atoms with Crippen LogP contribution in [0.3, 0.4) is 0 Å². The zero-order valence-corrected chi connectivity index (χ0v) is 12.7. The second kappa shape index (κ2) is 7.70. The summed E-state index contributed by atoms with van der Waals surface area (Å²) in [5.74, 6) is 0. The number of rotatable bonds is 7. The van der Waals surface area contributed by atoms with E-state index in [0.29, 0.717) is 36.4 Å². The van der Waals surface area contributed by atoms with E-state index in [4.69, 9.17) is 9.47 Å². The first-order valence-electron chi connectivity index (χ1n) is 5.60. The highest BCUT2D eigenvalue weighted by molar-refractivity contribution is 14.1. The van der Waals surface area contributed by atoms with Crippen molar-refractivity contribution in [3.8, 4) is 0 Å². The molecule has 0 spiro atoms. The Kier molecular flexibility index (Phi) is 6.58. The van der Waals surface area contributed by atoms with E-state index in [1.54, 1.807) is 14.2 Å². The van der Waals surface area contributed by atoms with Crippen LogP contribution >= 0.6 is 22.6 Å². The van der Waals surface area contributed by atoms with Crippen molar-refractivity contribution >= 4 is 22.6 Å². The molecule has 1 heterocycles. The van der Waals surface area contributed by atoms with Gasteiger partial charge in [0.15, 0.2) is 0 Å². The molecule has 1 aromatic rings. The molecule has 1 rings (SSSR count). The summed E-state index contributed by atoms with van der Waals surface area (Å²) in [7, 11) is 3.24. The Labute approximate surface area is 119 Å². The third kappa shape index (κ3) is 4.21. The summed E-state index contributed by atoms with van der Waals surface area (Å²) in [6.07, 6.45) is 2.16. The van der Waals surface area contributed by atoms with Crippen LogP contribution in [0.15, 0.2) is 15.8 Å². The quantitative estimate of drug-likeness (QED) is 0.510. The molecule has 0 aromatic carbocycles. The maximum atomic E-state index is 11.8. The molecule has 0 unspecified atom stereocenters. The molecule has 0 aliphatic rings. The molecule has 0 bridgehead atoms. The van der Waals surface area contributed by atoms with Crippen molar-refractivity contribution in [2.75, 3.05) is 26.9 Å². The van der Waals surface area contributed by atoms with E-state index in [0.717, 1.165) is 0 Å². The Balaban J connectivity index is 2.58. The SMILES string of the molecule is COCCOCCCn1c(=O)c(I)cn(C)c1=O. The van der Waals surface area contributed by atoms with Gasteiger partial charge in [0.25, 0.3) is 5.56 Å². The third-order valence-corrected chi connectivity index (χ3v) is 3.13. The topological polar surface area (TPSA) is 62.5 Å². The maximum absolute atomic E-state index is 11.8. The highest BCUT2D eigenvalue weighted by Gasteiger charge is 2.06. The summed E-state index contributed by atoms with van der Waals surface area (Å²) in [6.45, 7) is 1.94. The van der Waals surface area contributed by atoms with Crippen molar-refractivity contribution < 1.29 is 9.47 Å². The van der Waals surface area contributed by atoms with Crippen molar-refractivity contribution in [3.63, 3.8) is 0 Å². The van der Waals surface area contributed by atoms with Gasteiger partial charge in [-0.15, -0.1) is 0 Å². The monoisotopic (exact) mass is 368 g/mol. The van der Waals surface area contributed by atoms with E-state index in [1.807, 2.05) is 22.6 Å². The summed E-state index contributed by atoms with van der Waals surface area (Å²) >= 11 is 1.93. The van der Waals surface area contributed by atoms with Crippen LogP contribution in [0.4, 0.5) is 0 Å². The van der Waals surface area contributed by atoms with Gasteiger partial charge in [-0.05, 0) is 29.0 Å². The standard InChI is InChI=1S/C11H17IN2O4/c1-13-8-9(12)10(15)14(11(13)16)4-3-5-18-7-6-17-2/h8H,3-7H2,1-2H3. The number of hydrogen-bond donors (Lipinski definition) is 0. The molecule has 0 saturated heterocycles. The normalized spacial score (nSPS) is 10.8. The van der Waals surface area contributed by atoms with Gasteiger partial charge in [0.2, 0.25) is 0 Å². The van der Waals surface area contributed by atoms with Crippen molar-refractivity contribution in [1.82, 2.24) is 9.13 Å². The van der Waals surface area contributed by atoms with Gasteiger partial charge in [-0.1, -0.05) is 0 Å². The number of halogens is 1. The minimum atomic E-state index is -0.294. The summed E-state index contributed by atoms with van der Waals surface area (Å²) in [5, 5.41) is 0. The van der Waals surface area contributed by atoms with Crippen molar-refractivity contribution in [2.45, 2.75) is 13.0 Å². The average molecular weight is 368 g/mol. The van der Waals surface area contributed by atoms with Gasteiger partial charge < -0.3 is 14.0 Å². The highest BCUT2D eigenvalue weighted by atomic mass is 127. The molecule has 6 nitrogen and oxygen atoms in total. The van der Waals surface area contributed by atoms with E-state index >= 15 is 0 Å². The molecule has 0 N–H and O–H groups in total. The molecule has 0 fully saturated rings. The van der Waals surface area contributed by atoms with Crippen LogP contribution < -0.4 is 11.2 Å². The van der Waals surface area contributed by atoms with Gasteiger partial charge in [-0.25, -0.2) is 4.79 Å². The Hall–Kier alpha value is -0.670. The van der Waals surface area contributed by atoms with Crippen LogP contribution in [-0.4, -0.2) is 36.1 Å². The summed E-state index contributed by atoms with van der Waals surface area (Å²) in [6, 6.07) is 0. The van der Waals surface area contributed by atoms with Gasteiger partial charge in [0, 0.05) is 33.5 Å². The molecule has 0 aliphatic carbocycles. The zero-order valence-electron chi connectivity index (χ0n) is 10.5. The minimum Gasteiger partial charge on any atom is -0.382 e. The lowest BCUT2D eigenvalue weighted by molar-refractivity contribution is 0.0677. The molecule has 1 aromatic heterocycles. The van der Waals surface area contributed by atoms with E-state index in [2.05, 4.69) is 0 Å². The molecular weight excluding hydrogens is 351 g/mol. The fourth-order valence-electron chi connectivity index (χ4n) is 1.45. The Bertz CT molecular complexity index is 461. The van der Waals surface area contributed by atoms with Gasteiger partial charge in [-0.3, -0.25) is 9.36 Å². The van der Waals surface area contributed by atoms with Crippen LogP contribution in [0.1, 0.15) is 6.42 Å². The molecular formula is C11H17IN2O4. The largest absolute Gasteiger partial charge is 0.382 e.